The van der Waals surface area contributed by atoms with Crippen molar-refractivity contribution in [1.82, 2.24) is 5.32 Å². The van der Waals surface area contributed by atoms with Crippen LogP contribution in [0.1, 0.15) is 30.9 Å². The Balaban J connectivity index is 2.24. The van der Waals surface area contributed by atoms with Crippen LogP contribution >= 0.6 is 0 Å². The molecule has 3 nitrogen and oxygen atoms in total. The van der Waals surface area contributed by atoms with Gasteiger partial charge in [0.1, 0.15) is 11.5 Å². The summed E-state index contributed by atoms with van der Waals surface area (Å²) in [5.74, 6) is 1.73. The lowest BCUT2D eigenvalue weighted by atomic mass is 9.97. The predicted octanol–water partition coefficient (Wildman–Crippen LogP) is 2.52. The molecule has 0 amide bonds. The Morgan fingerprint density at radius 2 is 1.75 bits per heavy atom. The molecule has 88 valence electrons. The van der Waals surface area contributed by atoms with Gasteiger partial charge in [-0.2, -0.15) is 0 Å². The molecule has 1 aromatic carbocycles. The lowest BCUT2D eigenvalue weighted by molar-refractivity contribution is 0.383. The standard InChI is InChI=1S/C13H19NO2/c1-15-11-7-10(8-12(9-11)16-2)13-5-3-4-6-14-13/h7-9,13-14H,3-6H2,1-2H3/t13-/m1/s1. The number of methoxy groups -OCH3 is 2. The van der Waals surface area contributed by atoms with Crippen LogP contribution in [0.2, 0.25) is 0 Å². The smallest absolute Gasteiger partial charge is 0.122 e. The summed E-state index contributed by atoms with van der Waals surface area (Å²) in [6.45, 7) is 1.10. The number of benzene rings is 1. The van der Waals surface area contributed by atoms with Gasteiger partial charge in [-0.05, 0) is 37.1 Å². The summed E-state index contributed by atoms with van der Waals surface area (Å²) in [6.07, 6.45) is 3.76. The largest absolute Gasteiger partial charge is 0.497 e. The highest BCUT2D eigenvalue weighted by atomic mass is 16.5. The van der Waals surface area contributed by atoms with Crippen LogP contribution < -0.4 is 14.8 Å². The van der Waals surface area contributed by atoms with Gasteiger partial charge in [-0.15, -0.1) is 0 Å². The van der Waals surface area contributed by atoms with E-state index < -0.39 is 0 Å². The zero-order valence-electron chi connectivity index (χ0n) is 9.95. The van der Waals surface area contributed by atoms with E-state index >= 15 is 0 Å². The van der Waals surface area contributed by atoms with E-state index in [9.17, 15) is 0 Å². The van der Waals surface area contributed by atoms with Gasteiger partial charge < -0.3 is 14.8 Å². The molecule has 1 N–H and O–H groups in total. The third kappa shape index (κ3) is 2.47. The zero-order valence-corrected chi connectivity index (χ0v) is 9.95. The van der Waals surface area contributed by atoms with E-state index in [0.29, 0.717) is 6.04 Å². The van der Waals surface area contributed by atoms with E-state index in [2.05, 4.69) is 17.4 Å². The maximum atomic E-state index is 5.28. The zero-order chi connectivity index (χ0) is 11.4. The second-order valence-electron chi connectivity index (χ2n) is 4.15. The van der Waals surface area contributed by atoms with Gasteiger partial charge in [0.25, 0.3) is 0 Å². The molecule has 1 aliphatic heterocycles. The van der Waals surface area contributed by atoms with Gasteiger partial charge in [0, 0.05) is 12.1 Å². The number of hydrogen-bond acceptors (Lipinski definition) is 3. The van der Waals surface area contributed by atoms with Crippen molar-refractivity contribution >= 4 is 0 Å². The molecule has 1 aromatic rings. The number of nitrogens with one attached hydrogen (secondary N) is 1. The van der Waals surface area contributed by atoms with Crippen molar-refractivity contribution in [2.75, 3.05) is 20.8 Å². The topological polar surface area (TPSA) is 30.5 Å². The SMILES string of the molecule is COc1cc(OC)cc([C@H]2CCCCN2)c1. The molecule has 1 aliphatic rings. The molecule has 0 radical (unpaired) electrons. The fraction of sp³-hybridized carbons (Fsp3) is 0.538. The molecule has 1 saturated heterocycles. The summed E-state index contributed by atoms with van der Waals surface area (Å²) in [5.41, 5.74) is 1.26. The quantitative estimate of drug-likeness (QED) is 0.850. The second kappa shape index (κ2) is 5.21. The van der Waals surface area contributed by atoms with Crippen molar-refractivity contribution < 1.29 is 9.47 Å². The van der Waals surface area contributed by atoms with E-state index in [1.54, 1.807) is 14.2 Å². The Kier molecular flexibility index (Phi) is 3.67. The molecular formula is C13H19NO2. The predicted molar refractivity (Wildman–Crippen MR) is 64.1 cm³/mol. The Labute approximate surface area is 96.8 Å². The fourth-order valence-corrected chi connectivity index (χ4v) is 2.17. The highest BCUT2D eigenvalue weighted by molar-refractivity contribution is 5.39. The molecule has 0 aliphatic carbocycles. The highest BCUT2D eigenvalue weighted by Crippen LogP contribution is 2.30. The van der Waals surface area contributed by atoms with Crippen molar-refractivity contribution in [3.63, 3.8) is 0 Å². The molecule has 1 heterocycles. The minimum Gasteiger partial charge on any atom is -0.497 e. The highest BCUT2D eigenvalue weighted by Gasteiger charge is 2.16. The van der Waals surface area contributed by atoms with Gasteiger partial charge in [0.15, 0.2) is 0 Å². The van der Waals surface area contributed by atoms with Crippen LogP contribution in [-0.2, 0) is 0 Å². The molecule has 16 heavy (non-hydrogen) atoms. The Hall–Kier alpha value is -1.22. The van der Waals surface area contributed by atoms with Crippen LogP contribution in [0.4, 0.5) is 0 Å². The maximum Gasteiger partial charge on any atom is 0.122 e. The maximum absolute atomic E-state index is 5.28. The van der Waals surface area contributed by atoms with Crippen molar-refractivity contribution in [2.45, 2.75) is 25.3 Å². The van der Waals surface area contributed by atoms with E-state index in [1.165, 1.54) is 24.8 Å². The van der Waals surface area contributed by atoms with E-state index in [4.69, 9.17) is 9.47 Å². The first-order chi connectivity index (χ1) is 7.83. The average Bonchev–Trinajstić information content (AvgIpc) is 2.39. The minimum atomic E-state index is 0.442. The van der Waals surface area contributed by atoms with Gasteiger partial charge in [-0.3, -0.25) is 0 Å². The third-order valence-corrected chi connectivity index (χ3v) is 3.09. The van der Waals surface area contributed by atoms with Gasteiger partial charge >= 0.3 is 0 Å². The molecule has 1 fully saturated rings. The van der Waals surface area contributed by atoms with Gasteiger partial charge in [0.2, 0.25) is 0 Å². The molecule has 0 spiro atoms. The molecule has 1 atom stereocenters. The minimum absolute atomic E-state index is 0.442. The molecule has 0 unspecified atom stereocenters. The van der Waals surface area contributed by atoms with Crippen molar-refractivity contribution in [3.8, 4) is 11.5 Å². The Bertz CT molecular complexity index is 324. The Morgan fingerprint density at radius 3 is 2.25 bits per heavy atom. The molecular weight excluding hydrogens is 202 g/mol. The summed E-state index contributed by atoms with van der Waals surface area (Å²) in [6, 6.07) is 6.53. The van der Waals surface area contributed by atoms with Crippen molar-refractivity contribution in [1.29, 1.82) is 0 Å². The third-order valence-electron chi connectivity index (χ3n) is 3.09. The Morgan fingerprint density at radius 1 is 1.06 bits per heavy atom. The number of ether oxygens (including phenoxy) is 2. The summed E-state index contributed by atoms with van der Waals surface area (Å²) in [4.78, 5) is 0. The van der Waals surface area contributed by atoms with E-state index in [1.807, 2.05) is 6.07 Å². The molecule has 0 saturated carbocycles. The van der Waals surface area contributed by atoms with Crippen molar-refractivity contribution in [3.05, 3.63) is 23.8 Å². The first-order valence-corrected chi connectivity index (χ1v) is 5.80. The fourth-order valence-electron chi connectivity index (χ4n) is 2.17. The monoisotopic (exact) mass is 221 g/mol. The number of hydrogen-bond donors (Lipinski definition) is 1. The summed E-state index contributed by atoms with van der Waals surface area (Å²) in [5, 5.41) is 3.53. The lowest BCUT2D eigenvalue weighted by Gasteiger charge is -2.24. The van der Waals surface area contributed by atoms with Crippen LogP contribution in [-0.4, -0.2) is 20.8 Å². The van der Waals surface area contributed by atoms with Crippen LogP contribution in [0, 0.1) is 0 Å². The molecule has 0 aromatic heterocycles. The summed E-state index contributed by atoms with van der Waals surface area (Å²) < 4.78 is 10.6. The summed E-state index contributed by atoms with van der Waals surface area (Å²) >= 11 is 0. The van der Waals surface area contributed by atoms with Gasteiger partial charge in [0.05, 0.1) is 14.2 Å². The van der Waals surface area contributed by atoms with Gasteiger partial charge in [-0.25, -0.2) is 0 Å². The first-order valence-electron chi connectivity index (χ1n) is 5.80. The molecule has 3 heteroatoms. The molecule has 2 rings (SSSR count). The average molecular weight is 221 g/mol. The van der Waals surface area contributed by atoms with Crippen LogP contribution in [0.15, 0.2) is 18.2 Å². The van der Waals surface area contributed by atoms with Crippen molar-refractivity contribution in [2.24, 2.45) is 0 Å². The number of rotatable bonds is 3. The van der Waals surface area contributed by atoms with E-state index in [0.717, 1.165) is 18.0 Å². The first kappa shape index (κ1) is 11.3. The second-order valence-corrected chi connectivity index (χ2v) is 4.15. The van der Waals surface area contributed by atoms with E-state index in [-0.39, 0.29) is 0 Å². The normalized spacial score (nSPS) is 20.5. The number of piperidine rings is 1. The van der Waals surface area contributed by atoms with Gasteiger partial charge in [-0.1, -0.05) is 6.42 Å². The van der Waals surface area contributed by atoms with Crippen LogP contribution in [0.25, 0.3) is 0 Å². The van der Waals surface area contributed by atoms with Crippen LogP contribution in [0.3, 0.4) is 0 Å². The van der Waals surface area contributed by atoms with Crippen LogP contribution in [0.5, 0.6) is 11.5 Å². The summed E-state index contributed by atoms with van der Waals surface area (Å²) in [7, 11) is 3.37. The lowest BCUT2D eigenvalue weighted by Crippen LogP contribution is -2.26. The molecule has 0 bridgehead atoms.